The van der Waals surface area contributed by atoms with E-state index in [1.165, 1.54) is 10.4 Å². The number of hydrogen-bond donors (Lipinski definition) is 0. The van der Waals surface area contributed by atoms with Gasteiger partial charge in [0.15, 0.2) is 0 Å². The van der Waals surface area contributed by atoms with Crippen LogP contribution in [0.2, 0.25) is 8.67 Å². The lowest BCUT2D eigenvalue weighted by atomic mass is 10.3. The first-order valence-corrected chi connectivity index (χ1v) is 9.13. The molecule has 1 fully saturated rings. The van der Waals surface area contributed by atoms with Gasteiger partial charge in [-0.05, 0) is 19.0 Å². The van der Waals surface area contributed by atoms with Crippen LogP contribution in [0.15, 0.2) is 11.0 Å². The fourth-order valence-electron chi connectivity index (χ4n) is 2.15. The minimum Gasteiger partial charge on any atom is -0.301 e. The highest BCUT2D eigenvalue weighted by atomic mass is 35.5. The maximum Gasteiger partial charge on any atom is 0.245 e. The second kappa shape index (κ2) is 6.28. The number of thiophene rings is 1. The summed E-state index contributed by atoms with van der Waals surface area (Å²) >= 11 is 12.8. The van der Waals surface area contributed by atoms with E-state index >= 15 is 0 Å². The van der Waals surface area contributed by atoms with Crippen molar-refractivity contribution in [3.63, 3.8) is 0 Å². The average Bonchev–Trinajstić information content (AvgIpc) is 2.70. The topological polar surface area (TPSA) is 40.6 Å². The maximum absolute atomic E-state index is 12.5. The third-order valence-electron chi connectivity index (χ3n) is 3.11. The predicted octanol–water partition coefficient (Wildman–Crippen LogP) is 2.77. The molecule has 1 aliphatic heterocycles. The van der Waals surface area contributed by atoms with Crippen molar-refractivity contribution >= 4 is 44.6 Å². The van der Waals surface area contributed by atoms with Crippen molar-refractivity contribution in [3.05, 3.63) is 14.7 Å². The molecule has 8 heteroatoms. The molecule has 0 radical (unpaired) electrons. The van der Waals surface area contributed by atoms with Gasteiger partial charge in [-0.1, -0.05) is 30.1 Å². The summed E-state index contributed by atoms with van der Waals surface area (Å²) in [7, 11) is -3.51. The number of halogens is 2. The van der Waals surface area contributed by atoms with Gasteiger partial charge in [0.2, 0.25) is 10.0 Å². The number of sulfonamides is 1. The molecule has 108 valence electrons. The van der Waals surface area contributed by atoms with Gasteiger partial charge >= 0.3 is 0 Å². The highest BCUT2D eigenvalue weighted by Crippen LogP contribution is 2.35. The monoisotopic (exact) mass is 342 g/mol. The molecule has 1 aliphatic rings. The molecule has 4 nitrogen and oxygen atoms in total. The summed E-state index contributed by atoms with van der Waals surface area (Å²) in [6.45, 7) is 5.68. The fourth-order valence-corrected chi connectivity index (χ4v) is 5.68. The Bertz CT molecular complexity index is 537. The molecule has 0 saturated carbocycles. The van der Waals surface area contributed by atoms with E-state index in [1.807, 2.05) is 0 Å². The first kappa shape index (κ1) is 15.5. The van der Waals surface area contributed by atoms with Crippen LogP contribution in [0.4, 0.5) is 0 Å². The largest absolute Gasteiger partial charge is 0.301 e. The van der Waals surface area contributed by atoms with Crippen LogP contribution in [0.25, 0.3) is 0 Å². The van der Waals surface area contributed by atoms with Crippen LogP contribution < -0.4 is 0 Å². The molecule has 2 rings (SSSR count). The lowest BCUT2D eigenvalue weighted by molar-refractivity contribution is 0.188. The highest BCUT2D eigenvalue weighted by Gasteiger charge is 2.31. The van der Waals surface area contributed by atoms with Crippen LogP contribution in [-0.2, 0) is 10.0 Å². The number of hydrogen-bond acceptors (Lipinski definition) is 4. The van der Waals surface area contributed by atoms with Crippen molar-refractivity contribution in [3.8, 4) is 0 Å². The summed E-state index contributed by atoms with van der Waals surface area (Å²) in [4.78, 5) is 2.40. The zero-order chi connectivity index (χ0) is 14.0. The Morgan fingerprint density at radius 1 is 1.26 bits per heavy atom. The lowest BCUT2D eigenvalue weighted by Crippen LogP contribution is -2.48. The van der Waals surface area contributed by atoms with E-state index in [9.17, 15) is 8.42 Å². The smallest absolute Gasteiger partial charge is 0.245 e. The Morgan fingerprint density at radius 2 is 1.89 bits per heavy atom. The van der Waals surface area contributed by atoms with Gasteiger partial charge in [-0.15, -0.1) is 11.3 Å². The van der Waals surface area contributed by atoms with Gasteiger partial charge in [-0.2, -0.15) is 4.31 Å². The summed E-state index contributed by atoms with van der Waals surface area (Å²) in [5, 5.41) is 0. The maximum atomic E-state index is 12.5. The zero-order valence-corrected chi connectivity index (χ0v) is 13.7. The molecular weight excluding hydrogens is 327 g/mol. The molecule has 0 aromatic carbocycles. The normalized spacial score (nSPS) is 18.9. The molecule has 0 unspecified atom stereocenters. The number of rotatable bonds is 4. The summed E-state index contributed by atoms with van der Waals surface area (Å²) in [5.74, 6) is 0. The van der Waals surface area contributed by atoms with E-state index in [0.717, 1.165) is 37.4 Å². The zero-order valence-electron chi connectivity index (χ0n) is 10.6. The quantitative estimate of drug-likeness (QED) is 0.844. The van der Waals surface area contributed by atoms with Crippen LogP contribution in [0.3, 0.4) is 0 Å². The molecule has 0 bridgehead atoms. The first-order chi connectivity index (χ1) is 8.95. The van der Waals surface area contributed by atoms with Crippen LogP contribution in [0, 0.1) is 0 Å². The standard InChI is InChI=1S/C11H16Cl2N2O2S2/c1-2-3-14-4-6-15(7-5-14)19(16,17)9-8-10(12)18-11(9)13/h8H,2-7H2,1H3. The second-order valence-corrected chi connectivity index (χ2v) is 8.63. The molecule has 1 saturated heterocycles. The first-order valence-electron chi connectivity index (χ1n) is 6.12. The van der Waals surface area contributed by atoms with Crippen molar-refractivity contribution in [2.24, 2.45) is 0 Å². The summed E-state index contributed by atoms with van der Waals surface area (Å²) in [6.07, 6.45) is 1.08. The van der Waals surface area contributed by atoms with Gasteiger partial charge in [0.1, 0.15) is 9.23 Å². The molecule has 1 aromatic rings. The van der Waals surface area contributed by atoms with Gasteiger partial charge in [0.05, 0.1) is 4.34 Å². The van der Waals surface area contributed by atoms with Crippen molar-refractivity contribution in [2.75, 3.05) is 32.7 Å². The minimum atomic E-state index is -3.51. The molecule has 0 atom stereocenters. The summed E-state index contributed by atoms with van der Waals surface area (Å²) in [6, 6.07) is 1.43. The Labute approximate surface area is 128 Å². The van der Waals surface area contributed by atoms with Crippen molar-refractivity contribution < 1.29 is 8.42 Å². The number of piperazine rings is 1. The third-order valence-corrected chi connectivity index (χ3v) is 6.77. The fraction of sp³-hybridized carbons (Fsp3) is 0.636. The molecule has 0 N–H and O–H groups in total. The SMILES string of the molecule is CCCN1CCN(S(=O)(=O)c2cc(Cl)sc2Cl)CC1. The van der Waals surface area contributed by atoms with E-state index in [4.69, 9.17) is 23.2 Å². The average molecular weight is 343 g/mol. The molecule has 0 amide bonds. The third kappa shape index (κ3) is 3.43. The molecule has 0 spiro atoms. The Morgan fingerprint density at radius 3 is 2.37 bits per heavy atom. The van der Waals surface area contributed by atoms with Crippen molar-refractivity contribution in [2.45, 2.75) is 18.2 Å². The van der Waals surface area contributed by atoms with E-state index in [1.54, 1.807) is 0 Å². The molecular formula is C11H16Cl2N2O2S2. The molecule has 19 heavy (non-hydrogen) atoms. The summed E-state index contributed by atoms with van der Waals surface area (Å²) in [5.41, 5.74) is 0. The van der Waals surface area contributed by atoms with Crippen LogP contribution in [0.1, 0.15) is 13.3 Å². The van der Waals surface area contributed by atoms with Gasteiger partial charge in [-0.25, -0.2) is 8.42 Å². The van der Waals surface area contributed by atoms with Crippen molar-refractivity contribution in [1.82, 2.24) is 9.21 Å². The van der Waals surface area contributed by atoms with Crippen LogP contribution in [0.5, 0.6) is 0 Å². The number of nitrogens with zero attached hydrogens (tertiary/aromatic N) is 2. The van der Waals surface area contributed by atoms with E-state index in [-0.39, 0.29) is 9.23 Å². The highest BCUT2D eigenvalue weighted by molar-refractivity contribution is 7.89. The van der Waals surface area contributed by atoms with E-state index in [0.29, 0.717) is 17.4 Å². The van der Waals surface area contributed by atoms with Gasteiger partial charge in [-0.3, -0.25) is 0 Å². The summed E-state index contributed by atoms with van der Waals surface area (Å²) < 4.78 is 27.0. The van der Waals surface area contributed by atoms with Crippen LogP contribution >= 0.6 is 34.5 Å². The second-order valence-electron chi connectivity index (χ2n) is 4.43. The van der Waals surface area contributed by atoms with Gasteiger partial charge < -0.3 is 4.90 Å². The molecule has 1 aromatic heterocycles. The van der Waals surface area contributed by atoms with Crippen LogP contribution in [-0.4, -0.2) is 50.3 Å². The Hall–Kier alpha value is 0.150. The lowest BCUT2D eigenvalue weighted by Gasteiger charge is -2.33. The van der Waals surface area contributed by atoms with E-state index < -0.39 is 10.0 Å². The minimum absolute atomic E-state index is 0.133. The van der Waals surface area contributed by atoms with Gasteiger partial charge in [0.25, 0.3) is 0 Å². The molecule has 0 aliphatic carbocycles. The predicted molar refractivity (Wildman–Crippen MR) is 79.8 cm³/mol. The van der Waals surface area contributed by atoms with Crippen molar-refractivity contribution in [1.29, 1.82) is 0 Å². The van der Waals surface area contributed by atoms with E-state index in [2.05, 4.69) is 11.8 Å². The Kier molecular flexibility index (Phi) is 5.14. The Balaban J connectivity index is 2.12. The van der Waals surface area contributed by atoms with Gasteiger partial charge in [0, 0.05) is 26.2 Å². The molecule has 2 heterocycles.